The second-order valence-corrected chi connectivity index (χ2v) is 4.67. The van der Waals surface area contributed by atoms with Gasteiger partial charge in [-0.25, -0.2) is 4.39 Å². The molecule has 0 aliphatic rings. The molecule has 0 saturated heterocycles. The number of rotatable bonds is 5. The molecule has 1 rings (SSSR count). The molecule has 1 aromatic rings. The third-order valence-corrected chi connectivity index (χ3v) is 3.21. The Morgan fingerprint density at radius 1 is 1.53 bits per heavy atom. The van der Waals surface area contributed by atoms with Crippen LogP contribution in [0.25, 0.3) is 0 Å². The molecular weight excluding hydrogens is 217 g/mol. The summed E-state index contributed by atoms with van der Waals surface area (Å²) in [7, 11) is 0.400. The molecule has 0 saturated carbocycles. The van der Waals surface area contributed by atoms with Gasteiger partial charge in [-0.15, -0.1) is 0 Å². The first-order chi connectivity index (χ1) is 7.15. The summed E-state index contributed by atoms with van der Waals surface area (Å²) in [5, 5.41) is 0. The molecule has 0 bridgehead atoms. The van der Waals surface area contributed by atoms with Crippen LogP contribution in [0.3, 0.4) is 0 Å². The third kappa shape index (κ3) is 3.60. The summed E-state index contributed by atoms with van der Waals surface area (Å²) < 4.78 is 29.6. The highest BCUT2D eigenvalue weighted by Gasteiger charge is 2.09. The monoisotopic (exact) mass is 231 g/mol. The van der Waals surface area contributed by atoms with Gasteiger partial charge >= 0.3 is 0 Å². The number of halogens is 1. The van der Waals surface area contributed by atoms with Crippen molar-refractivity contribution in [2.24, 2.45) is 0 Å². The van der Waals surface area contributed by atoms with E-state index in [1.54, 1.807) is 6.07 Å². The van der Waals surface area contributed by atoms with Gasteiger partial charge in [-0.3, -0.25) is 4.21 Å². The number of benzene rings is 1. The van der Waals surface area contributed by atoms with E-state index in [0.29, 0.717) is 23.6 Å². The maximum absolute atomic E-state index is 13.3. The third-order valence-electron chi connectivity index (χ3n) is 1.98. The van der Waals surface area contributed by atoms with Crippen molar-refractivity contribution in [2.75, 3.05) is 25.2 Å². The Hall–Kier alpha value is -0.940. The summed E-state index contributed by atoms with van der Waals surface area (Å²) in [5.74, 6) is 0.132. The summed E-state index contributed by atoms with van der Waals surface area (Å²) >= 11 is 0. The first-order valence-electron chi connectivity index (χ1n) is 4.52. The smallest absolute Gasteiger partial charge is 0.129 e. The highest BCUT2D eigenvalue weighted by Crippen LogP contribution is 2.17. The predicted octanol–water partition coefficient (Wildman–Crippen LogP) is 1.30. The highest BCUT2D eigenvalue weighted by atomic mass is 32.2. The Balaban J connectivity index is 2.68. The van der Waals surface area contributed by atoms with Crippen molar-refractivity contribution in [1.82, 2.24) is 0 Å². The van der Waals surface area contributed by atoms with Crippen LogP contribution in [0.4, 0.5) is 10.1 Å². The SMILES string of the molecule is COCCS(=O)Cc1c(N)cccc1F. The lowest BCUT2D eigenvalue weighted by Crippen LogP contribution is -2.09. The molecule has 1 atom stereocenters. The fourth-order valence-corrected chi connectivity index (χ4v) is 2.26. The van der Waals surface area contributed by atoms with E-state index < -0.39 is 16.6 Å². The lowest BCUT2D eigenvalue weighted by atomic mass is 10.2. The molecule has 0 fully saturated rings. The molecular formula is C10H14FNO2S. The first kappa shape index (κ1) is 12.1. The van der Waals surface area contributed by atoms with E-state index in [1.165, 1.54) is 19.2 Å². The summed E-state index contributed by atoms with van der Waals surface area (Å²) in [5.41, 5.74) is 6.27. The van der Waals surface area contributed by atoms with Gasteiger partial charge in [-0.05, 0) is 12.1 Å². The number of anilines is 1. The first-order valence-corrected chi connectivity index (χ1v) is 6.00. The van der Waals surface area contributed by atoms with E-state index >= 15 is 0 Å². The number of methoxy groups -OCH3 is 1. The van der Waals surface area contributed by atoms with Crippen LogP contribution in [-0.4, -0.2) is 23.7 Å². The number of hydrogen-bond acceptors (Lipinski definition) is 3. The van der Waals surface area contributed by atoms with E-state index in [9.17, 15) is 8.60 Å². The minimum atomic E-state index is -1.14. The molecule has 0 aliphatic carbocycles. The fraction of sp³-hybridized carbons (Fsp3) is 0.400. The lowest BCUT2D eigenvalue weighted by molar-refractivity contribution is 0.218. The van der Waals surface area contributed by atoms with Crippen molar-refractivity contribution >= 4 is 16.5 Å². The molecule has 0 radical (unpaired) electrons. The molecule has 3 nitrogen and oxygen atoms in total. The average molecular weight is 231 g/mol. The Labute approximate surface area is 90.9 Å². The van der Waals surface area contributed by atoms with Crippen LogP contribution in [0.15, 0.2) is 18.2 Å². The van der Waals surface area contributed by atoms with Gasteiger partial charge in [-0.1, -0.05) is 6.07 Å². The Kier molecular flexibility index (Phi) is 4.71. The molecule has 0 aliphatic heterocycles. The summed E-state index contributed by atoms with van der Waals surface area (Å²) in [6, 6.07) is 4.46. The largest absolute Gasteiger partial charge is 0.398 e. The zero-order chi connectivity index (χ0) is 11.3. The molecule has 1 unspecified atom stereocenters. The van der Waals surface area contributed by atoms with Crippen LogP contribution >= 0.6 is 0 Å². The van der Waals surface area contributed by atoms with Gasteiger partial charge in [0.05, 0.1) is 12.4 Å². The van der Waals surface area contributed by atoms with E-state index in [0.717, 1.165) is 0 Å². The topological polar surface area (TPSA) is 52.3 Å². The van der Waals surface area contributed by atoms with Crippen LogP contribution in [0, 0.1) is 5.82 Å². The van der Waals surface area contributed by atoms with Gasteiger partial charge < -0.3 is 10.5 Å². The molecule has 1 aromatic carbocycles. The summed E-state index contributed by atoms with van der Waals surface area (Å²) in [6.45, 7) is 0.404. The predicted molar refractivity (Wildman–Crippen MR) is 59.4 cm³/mol. The normalized spacial score (nSPS) is 12.7. The van der Waals surface area contributed by atoms with Crippen molar-refractivity contribution < 1.29 is 13.3 Å². The number of ether oxygens (including phenoxy) is 1. The van der Waals surface area contributed by atoms with Crippen LogP contribution in [0.1, 0.15) is 5.56 Å². The van der Waals surface area contributed by atoms with Crippen molar-refractivity contribution in [3.8, 4) is 0 Å². The molecule has 84 valence electrons. The van der Waals surface area contributed by atoms with Gasteiger partial charge in [0.15, 0.2) is 0 Å². The van der Waals surface area contributed by atoms with E-state index in [4.69, 9.17) is 10.5 Å². The van der Waals surface area contributed by atoms with E-state index in [-0.39, 0.29) is 5.75 Å². The molecule has 15 heavy (non-hydrogen) atoms. The lowest BCUT2D eigenvalue weighted by Gasteiger charge is -2.06. The quantitative estimate of drug-likeness (QED) is 0.777. The Morgan fingerprint density at radius 2 is 2.27 bits per heavy atom. The minimum Gasteiger partial charge on any atom is -0.398 e. The number of nitrogen functional groups attached to an aromatic ring is 1. The summed E-state index contributed by atoms with van der Waals surface area (Å²) in [6.07, 6.45) is 0. The van der Waals surface area contributed by atoms with E-state index in [1.807, 2.05) is 0 Å². The van der Waals surface area contributed by atoms with Crippen LogP contribution in [-0.2, 0) is 21.3 Å². The van der Waals surface area contributed by atoms with Gasteiger partial charge in [0.25, 0.3) is 0 Å². The average Bonchev–Trinajstić information content (AvgIpc) is 2.21. The second kappa shape index (κ2) is 5.82. The molecule has 0 spiro atoms. The number of nitrogens with two attached hydrogens (primary N) is 1. The molecule has 2 N–H and O–H groups in total. The minimum absolute atomic E-state index is 0.141. The van der Waals surface area contributed by atoms with E-state index in [2.05, 4.69) is 0 Å². The maximum atomic E-state index is 13.3. The molecule has 0 amide bonds. The van der Waals surface area contributed by atoms with Gasteiger partial charge in [0.1, 0.15) is 5.82 Å². The zero-order valence-corrected chi connectivity index (χ0v) is 9.35. The van der Waals surface area contributed by atoms with Gasteiger partial charge in [0.2, 0.25) is 0 Å². The fourth-order valence-electron chi connectivity index (χ4n) is 1.14. The number of hydrogen-bond donors (Lipinski definition) is 1. The van der Waals surface area contributed by atoms with Crippen molar-refractivity contribution in [3.05, 3.63) is 29.6 Å². The Morgan fingerprint density at radius 3 is 2.87 bits per heavy atom. The van der Waals surface area contributed by atoms with Gasteiger partial charge in [-0.2, -0.15) is 0 Å². The van der Waals surface area contributed by atoms with Crippen molar-refractivity contribution in [3.63, 3.8) is 0 Å². The highest BCUT2D eigenvalue weighted by molar-refractivity contribution is 7.84. The molecule has 5 heteroatoms. The molecule has 0 aromatic heterocycles. The van der Waals surface area contributed by atoms with Gasteiger partial charge in [0, 0.05) is 34.9 Å². The van der Waals surface area contributed by atoms with Crippen molar-refractivity contribution in [2.45, 2.75) is 5.75 Å². The second-order valence-electron chi connectivity index (χ2n) is 3.09. The van der Waals surface area contributed by atoms with Crippen LogP contribution < -0.4 is 5.73 Å². The standard InChI is InChI=1S/C10H14FNO2S/c1-14-5-6-15(13)7-8-9(11)3-2-4-10(8)12/h2-4H,5-7,12H2,1H3. The zero-order valence-electron chi connectivity index (χ0n) is 8.53. The Bertz CT molecular complexity index is 337. The van der Waals surface area contributed by atoms with Crippen LogP contribution in [0.2, 0.25) is 0 Å². The van der Waals surface area contributed by atoms with Crippen LogP contribution in [0.5, 0.6) is 0 Å². The summed E-state index contributed by atoms with van der Waals surface area (Å²) in [4.78, 5) is 0. The van der Waals surface area contributed by atoms with Crippen molar-refractivity contribution in [1.29, 1.82) is 0 Å². The molecule has 0 heterocycles. The maximum Gasteiger partial charge on any atom is 0.129 e.